The van der Waals surface area contributed by atoms with Crippen LogP contribution in [0.25, 0.3) is 0 Å². The van der Waals surface area contributed by atoms with Crippen LogP contribution in [-0.4, -0.2) is 65.8 Å². The van der Waals surface area contributed by atoms with Crippen LogP contribution < -0.4 is 0 Å². The molecule has 1 heterocycles. The molecule has 0 aromatic carbocycles. The summed E-state index contributed by atoms with van der Waals surface area (Å²) in [6, 6.07) is 0.538. The van der Waals surface area contributed by atoms with Gasteiger partial charge in [-0.2, -0.15) is 0 Å². The highest BCUT2D eigenvalue weighted by atomic mass is 32.2. The number of carbonyl (C=O) groups excluding carboxylic acids is 1. The van der Waals surface area contributed by atoms with E-state index in [1.54, 1.807) is 7.11 Å². The Labute approximate surface area is 183 Å². The molecule has 1 fully saturated rings. The first-order valence-electron chi connectivity index (χ1n) is 10.7. The minimum Gasteiger partial charge on any atom is -0.376 e. The first-order chi connectivity index (χ1) is 13.5. The number of nitrogens with zero attached hydrogens (tertiary/aromatic N) is 1. The van der Waals surface area contributed by atoms with Gasteiger partial charge in [0, 0.05) is 30.4 Å². The molecule has 0 amide bonds. The van der Waals surface area contributed by atoms with Gasteiger partial charge in [-0.25, -0.2) is 4.67 Å². The average Bonchev–Trinajstić information content (AvgIpc) is 2.90. The molecule has 0 radical (unpaired) electrons. The lowest BCUT2D eigenvalue weighted by molar-refractivity contribution is -0.118. The van der Waals surface area contributed by atoms with E-state index in [0.29, 0.717) is 12.4 Å². The van der Waals surface area contributed by atoms with E-state index in [9.17, 15) is 4.79 Å². The molecule has 0 aromatic rings. The Hall–Kier alpha value is 0.250. The summed E-state index contributed by atoms with van der Waals surface area (Å²) in [5.74, 6) is 0.620. The molecule has 1 aliphatic heterocycles. The summed E-state index contributed by atoms with van der Waals surface area (Å²) in [6.45, 7) is 19.1. The third-order valence-corrected chi connectivity index (χ3v) is 8.68. The molecule has 5 atom stereocenters. The first kappa shape index (κ1) is 27.3. The first-order valence-corrected chi connectivity index (χ1v) is 12.8. The van der Waals surface area contributed by atoms with Crippen molar-refractivity contribution in [3.8, 4) is 0 Å². The second-order valence-corrected chi connectivity index (χ2v) is 11.3. The Bertz CT molecular complexity index is 497. The van der Waals surface area contributed by atoms with Crippen LogP contribution in [0.2, 0.25) is 0 Å². The topological polar surface area (TPSA) is 57.2 Å². The predicted molar refractivity (Wildman–Crippen MR) is 122 cm³/mol. The summed E-state index contributed by atoms with van der Waals surface area (Å²) in [7, 11) is 0.391. The predicted octanol–water partition coefficient (Wildman–Crippen LogP) is 5.25. The van der Waals surface area contributed by atoms with Gasteiger partial charge in [-0.15, -0.1) is 0 Å². The van der Waals surface area contributed by atoms with Crippen molar-refractivity contribution in [3.63, 3.8) is 0 Å². The normalized spacial score (nSPS) is 26.7. The van der Waals surface area contributed by atoms with Crippen LogP contribution in [0, 0.1) is 5.41 Å². The van der Waals surface area contributed by atoms with Crippen molar-refractivity contribution >= 4 is 25.4 Å². The van der Waals surface area contributed by atoms with E-state index in [-0.39, 0.29) is 47.0 Å². The maximum Gasteiger partial charge on any atom is 0.259 e. The van der Waals surface area contributed by atoms with Gasteiger partial charge in [0.1, 0.15) is 12.2 Å². The molecule has 172 valence electrons. The SMILES string of the molecule is CCC(C)(C)C(=O)SCCOP(OC1C(C)OC(C)C1OC)N(C(C)C)C(C)C. The maximum atomic E-state index is 12.4. The maximum absolute atomic E-state index is 12.4. The van der Waals surface area contributed by atoms with Gasteiger partial charge in [0.15, 0.2) is 5.12 Å². The third-order valence-electron chi connectivity index (χ3n) is 5.36. The van der Waals surface area contributed by atoms with E-state index < -0.39 is 8.53 Å². The summed E-state index contributed by atoms with van der Waals surface area (Å²) in [6.07, 6.45) is 0.439. The van der Waals surface area contributed by atoms with E-state index in [1.165, 1.54) is 11.8 Å². The molecule has 5 unspecified atom stereocenters. The number of carbonyl (C=O) groups is 1. The van der Waals surface area contributed by atoms with Gasteiger partial charge >= 0.3 is 0 Å². The third kappa shape index (κ3) is 7.71. The second kappa shape index (κ2) is 12.3. The fraction of sp³-hybridized carbons (Fsp3) is 0.952. The number of rotatable bonds is 12. The van der Waals surface area contributed by atoms with E-state index in [2.05, 4.69) is 32.4 Å². The Morgan fingerprint density at radius 2 is 1.69 bits per heavy atom. The minimum absolute atomic E-state index is 0.0205. The summed E-state index contributed by atoms with van der Waals surface area (Å²) in [4.78, 5) is 12.4. The van der Waals surface area contributed by atoms with Gasteiger partial charge in [0.05, 0.1) is 18.8 Å². The van der Waals surface area contributed by atoms with E-state index in [0.717, 1.165) is 6.42 Å². The van der Waals surface area contributed by atoms with Crippen molar-refractivity contribution in [2.75, 3.05) is 19.5 Å². The van der Waals surface area contributed by atoms with E-state index in [4.69, 9.17) is 18.5 Å². The summed E-state index contributed by atoms with van der Waals surface area (Å²) < 4.78 is 26.6. The smallest absolute Gasteiger partial charge is 0.259 e. The zero-order valence-electron chi connectivity index (χ0n) is 19.9. The molecule has 0 bridgehead atoms. The van der Waals surface area contributed by atoms with Crippen LogP contribution >= 0.6 is 20.3 Å². The summed E-state index contributed by atoms with van der Waals surface area (Å²) in [5, 5.41) is 0.213. The number of ether oxygens (including phenoxy) is 2. The highest BCUT2D eigenvalue weighted by Crippen LogP contribution is 2.49. The quantitative estimate of drug-likeness (QED) is 0.297. The van der Waals surface area contributed by atoms with Crippen LogP contribution in [0.1, 0.15) is 68.7 Å². The van der Waals surface area contributed by atoms with E-state index in [1.807, 2.05) is 34.6 Å². The molecule has 1 rings (SSSR count). The molecule has 0 spiro atoms. The fourth-order valence-electron chi connectivity index (χ4n) is 3.32. The van der Waals surface area contributed by atoms with Gasteiger partial charge in [0.25, 0.3) is 8.53 Å². The molecule has 0 aromatic heterocycles. The minimum atomic E-state index is -1.31. The van der Waals surface area contributed by atoms with Crippen LogP contribution in [-0.2, 0) is 23.3 Å². The lowest BCUT2D eigenvalue weighted by Gasteiger charge is -2.38. The lowest BCUT2D eigenvalue weighted by atomic mass is 9.92. The van der Waals surface area contributed by atoms with Gasteiger partial charge in [-0.1, -0.05) is 32.5 Å². The zero-order valence-corrected chi connectivity index (χ0v) is 21.6. The molecule has 0 aliphatic carbocycles. The van der Waals surface area contributed by atoms with Crippen molar-refractivity contribution in [2.24, 2.45) is 5.41 Å². The van der Waals surface area contributed by atoms with Gasteiger partial charge < -0.3 is 18.5 Å². The Kier molecular flexibility index (Phi) is 11.6. The number of hydrogen-bond acceptors (Lipinski definition) is 7. The molecule has 0 saturated carbocycles. The van der Waals surface area contributed by atoms with Crippen LogP contribution in [0.3, 0.4) is 0 Å². The molecule has 1 aliphatic rings. The lowest BCUT2D eigenvalue weighted by Crippen LogP contribution is -2.39. The monoisotopic (exact) mass is 451 g/mol. The van der Waals surface area contributed by atoms with Crippen molar-refractivity contribution < 1.29 is 23.3 Å². The molecular weight excluding hydrogens is 409 g/mol. The Balaban J connectivity index is 2.81. The highest BCUT2D eigenvalue weighted by Gasteiger charge is 2.44. The molecular formula is C21H42NO5PS. The van der Waals surface area contributed by atoms with Gasteiger partial charge in [-0.3, -0.25) is 4.79 Å². The van der Waals surface area contributed by atoms with Crippen LogP contribution in [0.15, 0.2) is 0 Å². The Morgan fingerprint density at radius 3 is 2.17 bits per heavy atom. The van der Waals surface area contributed by atoms with Gasteiger partial charge in [0.2, 0.25) is 0 Å². The van der Waals surface area contributed by atoms with Crippen LogP contribution in [0.4, 0.5) is 0 Å². The standard InChI is InChI=1S/C21H42NO5PS/c1-11-21(8,9)20(23)29-13-12-25-28(22(14(2)3)15(4)5)27-19-17(7)26-16(6)18(19)24-10/h14-19H,11-13H2,1-10H3. The van der Waals surface area contributed by atoms with E-state index >= 15 is 0 Å². The average molecular weight is 452 g/mol. The largest absolute Gasteiger partial charge is 0.376 e. The summed E-state index contributed by atoms with van der Waals surface area (Å²) >= 11 is 1.35. The fourth-order valence-corrected chi connectivity index (χ4v) is 6.13. The number of hydrogen-bond donors (Lipinski definition) is 0. The second-order valence-electron chi connectivity index (χ2n) is 8.83. The van der Waals surface area contributed by atoms with Crippen molar-refractivity contribution in [2.45, 2.75) is 105 Å². The Morgan fingerprint density at radius 1 is 1.14 bits per heavy atom. The molecule has 6 nitrogen and oxygen atoms in total. The van der Waals surface area contributed by atoms with Gasteiger partial charge in [-0.05, 0) is 48.0 Å². The van der Waals surface area contributed by atoms with Crippen molar-refractivity contribution in [1.29, 1.82) is 0 Å². The zero-order chi connectivity index (χ0) is 22.4. The van der Waals surface area contributed by atoms with Crippen molar-refractivity contribution in [1.82, 2.24) is 4.67 Å². The highest BCUT2D eigenvalue weighted by molar-refractivity contribution is 8.13. The molecule has 8 heteroatoms. The molecule has 1 saturated heterocycles. The molecule has 0 N–H and O–H groups in total. The molecule has 29 heavy (non-hydrogen) atoms. The number of thioether (sulfide) groups is 1. The number of methoxy groups -OCH3 is 1. The van der Waals surface area contributed by atoms with Crippen LogP contribution in [0.5, 0.6) is 0 Å². The van der Waals surface area contributed by atoms with Crippen molar-refractivity contribution in [3.05, 3.63) is 0 Å². The summed E-state index contributed by atoms with van der Waals surface area (Å²) in [5.41, 5.74) is -0.299.